The molecule has 1 heterocycles. The van der Waals surface area contributed by atoms with Gasteiger partial charge in [0.2, 0.25) is 0 Å². The summed E-state index contributed by atoms with van der Waals surface area (Å²) in [6.45, 7) is 0. The van der Waals surface area contributed by atoms with Crippen molar-refractivity contribution in [3.8, 4) is 78.3 Å². The Hall–Kier alpha value is -7.94. The summed E-state index contributed by atoms with van der Waals surface area (Å²) in [7, 11) is 0. The van der Waals surface area contributed by atoms with Gasteiger partial charge in [0, 0.05) is 34.3 Å². The molecule has 1 aliphatic rings. The Morgan fingerprint density at radius 1 is 0.233 bits per heavy atom. The Kier molecular flexibility index (Phi) is 8.87. The molecule has 0 saturated heterocycles. The molecule has 11 rings (SSSR count). The average molecular weight is 766 g/mol. The van der Waals surface area contributed by atoms with E-state index in [9.17, 15) is 0 Å². The maximum absolute atomic E-state index is 7.07. The van der Waals surface area contributed by atoms with Gasteiger partial charge in [-0.1, -0.05) is 176 Å². The maximum Gasteiger partial charge on any atom is 0.137 e. The number of hydrogen-bond donors (Lipinski definition) is 0. The number of fused-ring (bicyclic) bond motifs is 6. The number of anilines is 3. The lowest BCUT2D eigenvalue weighted by Crippen LogP contribution is -2.10. The first-order valence-electron chi connectivity index (χ1n) is 20.5. The second-order valence-corrected chi connectivity index (χ2v) is 15.3. The Morgan fingerprint density at radius 3 is 1.15 bits per heavy atom. The summed E-state index contributed by atoms with van der Waals surface area (Å²) in [4.78, 5) is 2.33. The van der Waals surface area contributed by atoms with E-state index in [1.54, 1.807) is 0 Å². The fourth-order valence-electron chi connectivity index (χ4n) is 8.57. The molecule has 1 aliphatic heterocycles. The summed E-state index contributed by atoms with van der Waals surface area (Å²) >= 11 is 0. The van der Waals surface area contributed by atoms with Gasteiger partial charge in [-0.25, -0.2) is 0 Å². The molecule has 2 heteroatoms. The quantitative estimate of drug-likeness (QED) is 0.160. The monoisotopic (exact) mass is 765 g/mol. The van der Waals surface area contributed by atoms with Gasteiger partial charge in [-0.15, -0.1) is 0 Å². The third kappa shape index (κ3) is 6.61. The minimum Gasteiger partial charge on any atom is -0.456 e. The Morgan fingerprint density at radius 2 is 0.617 bits per heavy atom. The van der Waals surface area contributed by atoms with Crippen molar-refractivity contribution in [2.24, 2.45) is 0 Å². The third-order valence-electron chi connectivity index (χ3n) is 11.7. The molecule has 10 aromatic rings. The first-order valence-corrected chi connectivity index (χ1v) is 20.5. The molecule has 0 bridgehead atoms. The number of benzene rings is 10. The summed E-state index contributed by atoms with van der Waals surface area (Å²) in [6.07, 6.45) is 0. The van der Waals surface area contributed by atoms with E-state index in [2.05, 4.69) is 241 Å². The van der Waals surface area contributed by atoms with Crippen LogP contribution in [0.5, 0.6) is 11.5 Å². The Bertz CT molecular complexity index is 3120. The molecule has 0 aromatic heterocycles. The Labute approximate surface area is 350 Å². The predicted molar refractivity (Wildman–Crippen MR) is 251 cm³/mol. The van der Waals surface area contributed by atoms with E-state index in [4.69, 9.17) is 4.74 Å². The van der Waals surface area contributed by atoms with Gasteiger partial charge >= 0.3 is 0 Å². The van der Waals surface area contributed by atoms with Crippen LogP contribution in [0.15, 0.2) is 237 Å². The van der Waals surface area contributed by atoms with E-state index >= 15 is 0 Å². The molecule has 0 radical (unpaired) electrons. The molecule has 282 valence electrons. The molecular weight excluding hydrogens is 727 g/mol. The summed E-state index contributed by atoms with van der Waals surface area (Å²) in [5.74, 6) is 1.66. The van der Waals surface area contributed by atoms with Crippen molar-refractivity contribution in [2.45, 2.75) is 0 Å². The summed E-state index contributed by atoms with van der Waals surface area (Å²) in [5.41, 5.74) is 17.1. The van der Waals surface area contributed by atoms with Crippen molar-refractivity contribution >= 4 is 27.8 Å². The van der Waals surface area contributed by atoms with Crippen molar-refractivity contribution in [2.75, 3.05) is 4.90 Å². The van der Waals surface area contributed by atoms with E-state index in [1.807, 2.05) is 0 Å². The normalized spacial score (nSPS) is 11.5. The fraction of sp³-hybridized carbons (Fsp3) is 0. The second-order valence-electron chi connectivity index (χ2n) is 15.3. The minimum absolute atomic E-state index is 0.816. The highest BCUT2D eigenvalue weighted by atomic mass is 16.5. The molecule has 2 nitrogen and oxygen atoms in total. The van der Waals surface area contributed by atoms with E-state index in [-0.39, 0.29) is 0 Å². The highest BCUT2D eigenvalue weighted by Crippen LogP contribution is 2.51. The second kappa shape index (κ2) is 15.1. The summed E-state index contributed by atoms with van der Waals surface area (Å²) in [6, 6.07) is 84.7. The van der Waals surface area contributed by atoms with Crippen LogP contribution in [0.4, 0.5) is 17.1 Å². The molecule has 0 atom stereocenters. The van der Waals surface area contributed by atoms with Crippen LogP contribution in [0.25, 0.3) is 77.5 Å². The first-order chi connectivity index (χ1) is 29.7. The highest BCUT2D eigenvalue weighted by Gasteiger charge is 2.24. The van der Waals surface area contributed by atoms with E-state index in [0.717, 1.165) is 56.2 Å². The van der Waals surface area contributed by atoms with Gasteiger partial charge in [0.05, 0.1) is 0 Å². The average Bonchev–Trinajstić information content (AvgIpc) is 3.45. The van der Waals surface area contributed by atoms with Crippen molar-refractivity contribution in [1.29, 1.82) is 0 Å². The van der Waals surface area contributed by atoms with Crippen molar-refractivity contribution in [3.05, 3.63) is 237 Å². The SMILES string of the molecule is c1ccc(-c2ccc(-c3ccc(N(c4ccc(-c5ccccc5)cc4)c4ccc5c(c4)Oc4cc6ccccc6cc4-c4cc(-c6ccccc6)ccc4-5)cc3)cc2)cc1. The first kappa shape index (κ1) is 35.2. The van der Waals surface area contributed by atoms with E-state index in [0.29, 0.717) is 0 Å². The summed E-state index contributed by atoms with van der Waals surface area (Å²) < 4.78 is 7.07. The lowest BCUT2D eigenvalue weighted by Gasteiger charge is -2.27. The lowest BCUT2D eigenvalue weighted by molar-refractivity contribution is 0.488. The van der Waals surface area contributed by atoms with Crippen LogP contribution in [-0.2, 0) is 0 Å². The van der Waals surface area contributed by atoms with E-state index in [1.165, 1.54) is 49.9 Å². The number of rotatable bonds is 7. The topological polar surface area (TPSA) is 12.5 Å². The van der Waals surface area contributed by atoms with Crippen LogP contribution >= 0.6 is 0 Å². The molecule has 0 saturated carbocycles. The molecule has 0 unspecified atom stereocenters. The predicted octanol–water partition coefficient (Wildman–Crippen LogP) is 16.4. The van der Waals surface area contributed by atoms with Crippen LogP contribution < -0.4 is 9.64 Å². The number of hydrogen-bond acceptors (Lipinski definition) is 2. The molecule has 0 fully saturated rings. The van der Waals surface area contributed by atoms with Crippen LogP contribution in [-0.4, -0.2) is 0 Å². The maximum atomic E-state index is 7.07. The molecule has 10 aromatic carbocycles. The molecule has 0 aliphatic carbocycles. The number of ether oxygens (including phenoxy) is 1. The van der Waals surface area contributed by atoms with E-state index < -0.39 is 0 Å². The molecule has 0 spiro atoms. The van der Waals surface area contributed by atoms with Gasteiger partial charge in [0.1, 0.15) is 11.5 Å². The summed E-state index contributed by atoms with van der Waals surface area (Å²) in [5, 5.41) is 2.33. The van der Waals surface area contributed by atoms with Gasteiger partial charge in [0.15, 0.2) is 0 Å². The van der Waals surface area contributed by atoms with Crippen molar-refractivity contribution in [1.82, 2.24) is 0 Å². The van der Waals surface area contributed by atoms with Crippen molar-refractivity contribution < 1.29 is 4.74 Å². The van der Waals surface area contributed by atoms with Gasteiger partial charge in [-0.3, -0.25) is 0 Å². The van der Waals surface area contributed by atoms with Gasteiger partial charge in [-0.05, 0) is 121 Å². The largest absolute Gasteiger partial charge is 0.456 e. The third-order valence-corrected chi connectivity index (χ3v) is 11.7. The molecule has 0 N–H and O–H groups in total. The van der Waals surface area contributed by atoms with Gasteiger partial charge in [0.25, 0.3) is 0 Å². The smallest absolute Gasteiger partial charge is 0.137 e. The van der Waals surface area contributed by atoms with Crippen LogP contribution in [0.1, 0.15) is 0 Å². The van der Waals surface area contributed by atoms with Crippen LogP contribution in [0.3, 0.4) is 0 Å². The minimum atomic E-state index is 0.816. The van der Waals surface area contributed by atoms with Gasteiger partial charge in [-0.2, -0.15) is 0 Å². The lowest BCUT2D eigenvalue weighted by atomic mass is 9.90. The zero-order valence-corrected chi connectivity index (χ0v) is 32.9. The molecular formula is C58H39NO. The Balaban J connectivity index is 1.03. The number of nitrogens with zero attached hydrogens (tertiary/aromatic N) is 1. The van der Waals surface area contributed by atoms with Crippen LogP contribution in [0, 0.1) is 0 Å². The highest BCUT2D eigenvalue weighted by molar-refractivity contribution is 5.99. The zero-order chi connectivity index (χ0) is 39.8. The van der Waals surface area contributed by atoms with Crippen molar-refractivity contribution in [3.63, 3.8) is 0 Å². The molecule has 60 heavy (non-hydrogen) atoms. The van der Waals surface area contributed by atoms with Gasteiger partial charge < -0.3 is 9.64 Å². The van der Waals surface area contributed by atoms with Crippen LogP contribution in [0.2, 0.25) is 0 Å². The fourth-order valence-corrected chi connectivity index (χ4v) is 8.57. The standard InChI is InChI=1S/C58H39NO/c1-4-12-40(13-5-1)43-20-22-44(23-21-43)46-26-31-51(32-27-46)59(50-29-24-45(25-30-50)41-14-6-2-7-15-41)52-33-35-54-53-34-28-49(42-16-8-3-9-17-42)36-55(53)56-37-47-18-10-11-19-48(47)38-57(56)60-58(54)39-52/h1-39H. The molecule has 0 amide bonds. The zero-order valence-electron chi connectivity index (χ0n) is 32.9.